The molecule has 8 heteroatoms. The van der Waals surface area contributed by atoms with Gasteiger partial charge in [0.2, 0.25) is 5.82 Å². The molecule has 4 rings (SSSR count). The topological polar surface area (TPSA) is 63.9 Å². The van der Waals surface area contributed by atoms with E-state index < -0.39 is 0 Å². The van der Waals surface area contributed by atoms with Crippen LogP contribution in [0.4, 0.5) is 4.39 Å². The number of rotatable bonds is 5. The van der Waals surface area contributed by atoms with Gasteiger partial charge in [-0.2, -0.15) is 0 Å². The summed E-state index contributed by atoms with van der Waals surface area (Å²) < 4.78 is 14.9. The average molecular weight is 407 g/mol. The number of aromatic nitrogens is 4. The van der Waals surface area contributed by atoms with Crippen molar-refractivity contribution in [1.82, 2.24) is 24.6 Å². The van der Waals surface area contributed by atoms with Crippen molar-refractivity contribution in [3.8, 4) is 16.4 Å². The molecule has 29 heavy (non-hydrogen) atoms. The fraction of sp³-hybridized carbons (Fsp3) is 0.143. The van der Waals surface area contributed by atoms with E-state index in [0.717, 1.165) is 10.4 Å². The molecule has 0 saturated heterocycles. The van der Waals surface area contributed by atoms with Crippen molar-refractivity contribution in [1.29, 1.82) is 0 Å². The smallest absolute Gasteiger partial charge is 0.293 e. The number of halogens is 1. The lowest BCUT2D eigenvalue weighted by Crippen LogP contribution is -2.30. The molecule has 1 unspecified atom stereocenters. The second-order valence-corrected chi connectivity index (χ2v) is 7.44. The molecule has 3 aromatic heterocycles. The lowest BCUT2D eigenvalue weighted by atomic mass is 10.1. The number of carbonyl (C=O) groups is 1. The van der Waals surface area contributed by atoms with Gasteiger partial charge >= 0.3 is 0 Å². The molecule has 1 amide bonds. The van der Waals surface area contributed by atoms with Crippen LogP contribution in [0.25, 0.3) is 16.4 Å². The fourth-order valence-electron chi connectivity index (χ4n) is 2.93. The Morgan fingerprint density at radius 2 is 1.86 bits per heavy atom. The van der Waals surface area contributed by atoms with E-state index in [9.17, 15) is 9.18 Å². The van der Waals surface area contributed by atoms with Gasteiger partial charge in [0.25, 0.3) is 5.91 Å². The molecule has 0 saturated carbocycles. The number of hydrogen-bond donors (Lipinski definition) is 0. The minimum absolute atomic E-state index is 0.0844. The van der Waals surface area contributed by atoms with E-state index in [1.165, 1.54) is 23.5 Å². The molecule has 146 valence electrons. The van der Waals surface area contributed by atoms with Gasteiger partial charge in [-0.15, -0.1) is 16.4 Å². The van der Waals surface area contributed by atoms with Crippen LogP contribution in [-0.4, -0.2) is 37.6 Å². The maximum atomic E-state index is 13.4. The molecule has 0 radical (unpaired) electrons. The Bertz CT molecular complexity index is 1110. The fourth-order valence-corrected chi connectivity index (χ4v) is 3.63. The third-order valence-electron chi connectivity index (χ3n) is 4.70. The van der Waals surface area contributed by atoms with Gasteiger partial charge < -0.3 is 4.90 Å². The molecule has 0 aliphatic heterocycles. The predicted octanol–water partition coefficient (Wildman–Crippen LogP) is 4.36. The molecule has 1 atom stereocenters. The van der Waals surface area contributed by atoms with Crippen LogP contribution in [0.5, 0.6) is 0 Å². The van der Waals surface area contributed by atoms with Crippen LogP contribution < -0.4 is 0 Å². The minimum Gasteiger partial charge on any atom is -0.332 e. The van der Waals surface area contributed by atoms with Crippen LogP contribution in [0.3, 0.4) is 0 Å². The first-order valence-corrected chi connectivity index (χ1v) is 9.86. The first-order chi connectivity index (χ1) is 14.0. The lowest BCUT2D eigenvalue weighted by Gasteiger charge is -2.23. The maximum absolute atomic E-state index is 13.4. The highest BCUT2D eigenvalue weighted by atomic mass is 32.1. The molecule has 3 heterocycles. The minimum atomic E-state index is -0.339. The number of pyridine rings is 1. The lowest BCUT2D eigenvalue weighted by molar-refractivity contribution is 0.0730. The van der Waals surface area contributed by atoms with Crippen molar-refractivity contribution in [2.45, 2.75) is 13.0 Å². The van der Waals surface area contributed by atoms with Crippen LogP contribution in [0, 0.1) is 5.82 Å². The quantitative estimate of drug-likeness (QED) is 0.493. The second-order valence-electron chi connectivity index (χ2n) is 6.50. The summed E-state index contributed by atoms with van der Waals surface area (Å²) in [6.07, 6.45) is 3.39. The van der Waals surface area contributed by atoms with Gasteiger partial charge in [-0.05, 0) is 60.3 Å². The predicted molar refractivity (Wildman–Crippen MR) is 109 cm³/mol. The Balaban J connectivity index is 1.71. The molecule has 0 aliphatic carbocycles. The van der Waals surface area contributed by atoms with E-state index in [1.54, 1.807) is 41.2 Å². The molecular formula is C21H18FN5OS. The number of hydrogen-bond acceptors (Lipinski definition) is 5. The van der Waals surface area contributed by atoms with Crippen LogP contribution in [0.15, 0.2) is 66.3 Å². The van der Waals surface area contributed by atoms with Crippen LogP contribution in [0.2, 0.25) is 0 Å². The molecule has 0 spiro atoms. The van der Waals surface area contributed by atoms with Crippen molar-refractivity contribution >= 4 is 17.2 Å². The van der Waals surface area contributed by atoms with Crippen LogP contribution in [-0.2, 0) is 0 Å². The van der Waals surface area contributed by atoms with Crippen LogP contribution in [0.1, 0.15) is 29.1 Å². The van der Waals surface area contributed by atoms with E-state index in [0.29, 0.717) is 11.5 Å². The van der Waals surface area contributed by atoms with Gasteiger partial charge in [-0.1, -0.05) is 6.07 Å². The molecule has 0 aliphatic rings. The Labute approximate surface area is 171 Å². The number of amides is 1. The van der Waals surface area contributed by atoms with Gasteiger partial charge in [0, 0.05) is 19.4 Å². The van der Waals surface area contributed by atoms with Gasteiger partial charge in [0.1, 0.15) is 5.82 Å². The normalized spacial score (nSPS) is 12.0. The van der Waals surface area contributed by atoms with Gasteiger partial charge in [0.15, 0.2) is 5.82 Å². The summed E-state index contributed by atoms with van der Waals surface area (Å²) in [7, 11) is 1.72. The molecule has 6 nitrogen and oxygen atoms in total. The first kappa shape index (κ1) is 18.9. The molecule has 0 fully saturated rings. The second kappa shape index (κ2) is 7.92. The summed E-state index contributed by atoms with van der Waals surface area (Å²) in [5.74, 6) is -0.0113. The van der Waals surface area contributed by atoms with E-state index in [-0.39, 0.29) is 23.6 Å². The van der Waals surface area contributed by atoms with Crippen molar-refractivity contribution in [3.63, 3.8) is 0 Å². The summed E-state index contributed by atoms with van der Waals surface area (Å²) in [5, 5.41) is 6.38. The standard InChI is InChI=1S/C21H18FN5OS/c1-14(15-9-11-23-12-10-15)26(2)21(28)19-24-20(18-4-3-13-29-18)27(25-19)17-7-5-16(22)6-8-17/h3-14H,1-2H3. The maximum Gasteiger partial charge on any atom is 0.293 e. The molecule has 0 bridgehead atoms. The van der Waals surface area contributed by atoms with Crippen LogP contribution >= 0.6 is 11.3 Å². The SMILES string of the molecule is CC(c1ccncc1)N(C)C(=O)c1nc(-c2cccs2)n(-c2ccc(F)cc2)n1. The van der Waals surface area contributed by atoms with Gasteiger partial charge in [-0.3, -0.25) is 9.78 Å². The van der Waals surface area contributed by atoms with Gasteiger partial charge in [-0.25, -0.2) is 14.1 Å². The summed E-state index contributed by atoms with van der Waals surface area (Å²) >= 11 is 1.50. The van der Waals surface area contributed by atoms with Crippen molar-refractivity contribution in [2.24, 2.45) is 0 Å². The number of nitrogens with zero attached hydrogens (tertiary/aromatic N) is 5. The number of thiophene rings is 1. The summed E-state index contributed by atoms with van der Waals surface area (Å²) in [4.78, 5) is 24.1. The van der Waals surface area contributed by atoms with Gasteiger partial charge in [0.05, 0.1) is 16.6 Å². The van der Waals surface area contributed by atoms with E-state index in [2.05, 4.69) is 15.1 Å². The zero-order chi connectivity index (χ0) is 20.4. The molecular weight excluding hydrogens is 389 g/mol. The third kappa shape index (κ3) is 3.79. The van der Waals surface area contributed by atoms with E-state index >= 15 is 0 Å². The summed E-state index contributed by atoms with van der Waals surface area (Å²) in [6, 6.07) is 13.3. The van der Waals surface area contributed by atoms with Crippen molar-refractivity contribution in [2.75, 3.05) is 7.05 Å². The Morgan fingerprint density at radius 3 is 2.52 bits per heavy atom. The third-order valence-corrected chi connectivity index (χ3v) is 5.57. The summed E-state index contributed by atoms with van der Waals surface area (Å²) in [5.41, 5.74) is 1.60. The zero-order valence-corrected chi connectivity index (χ0v) is 16.7. The highest BCUT2D eigenvalue weighted by molar-refractivity contribution is 7.13. The number of benzene rings is 1. The Hall–Kier alpha value is -3.39. The largest absolute Gasteiger partial charge is 0.332 e. The number of carbonyl (C=O) groups excluding carboxylic acids is 1. The highest BCUT2D eigenvalue weighted by Crippen LogP contribution is 2.27. The van der Waals surface area contributed by atoms with Crippen molar-refractivity contribution in [3.05, 3.63) is 83.5 Å². The molecule has 1 aromatic carbocycles. The Morgan fingerprint density at radius 1 is 1.14 bits per heavy atom. The summed E-state index contributed by atoms with van der Waals surface area (Å²) in [6.45, 7) is 1.93. The Kier molecular flexibility index (Phi) is 5.18. The average Bonchev–Trinajstić information content (AvgIpc) is 3.43. The van der Waals surface area contributed by atoms with E-state index in [4.69, 9.17) is 0 Å². The molecule has 0 N–H and O–H groups in total. The monoisotopic (exact) mass is 407 g/mol. The first-order valence-electron chi connectivity index (χ1n) is 8.98. The van der Waals surface area contributed by atoms with E-state index in [1.807, 2.05) is 36.6 Å². The molecule has 4 aromatic rings. The van der Waals surface area contributed by atoms with Crippen molar-refractivity contribution < 1.29 is 9.18 Å². The zero-order valence-electron chi connectivity index (χ0n) is 15.9. The highest BCUT2D eigenvalue weighted by Gasteiger charge is 2.25.